The third-order valence-corrected chi connectivity index (χ3v) is 7.23. The van der Waals surface area contributed by atoms with Crippen LogP contribution in [0.3, 0.4) is 0 Å². The van der Waals surface area contributed by atoms with E-state index in [4.69, 9.17) is 4.74 Å². The van der Waals surface area contributed by atoms with Crippen molar-refractivity contribution in [2.75, 3.05) is 39.9 Å². The quantitative estimate of drug-likeness (QED) is 0.413. The minimum atomic E-state index is -0.807. The van der Waals surface area contributed by atoms with Gasteiger partial charge < -0.3 is 25.0 Å². The Labute approximate surface area is 234 Å². The lowest BCUT2D eigenvalue weighted by Crippen LogP contribution is -2.76. The van der Waals surface area contributed by atoms with E-state index in [1.54, 1.807) is 53.4 Å². The molecule has 0 unspecified atom stereocenters. The fourth-order valence-corrected chi connectivity index (χ4v) is 5.13. The van der Waals surface area contributed by atoms with Crippen LogP contribution in [-0.4, -0.2) is 94.9 Å². The normalized spacial score (nSPS) is 19.6. The van der Waals surface area contributed by atoms with Gasteiger partial charge in [-0.2, -0.15) is 0 Å². The minimum absolute atomic E-state index is 0.0644. The molecule has 4 amide bonds. The van der Waals surface area contributed by atoms with Crippen LogP contribution < -0.4 is 5.32 Å². The van der Waals surface area contributed by atoms with E-state index in [9.17, 15) is 23.9 Å². The Hall–Kier alpha value is -3.70. The zero-order valence-electron chi connectivity index (χ0n) is 23.1. The van der Waals surface area contributed by atoms with Gasteiger partial charge in [0.05, 0.1) is 13.1 Å². The van der Waals surface area contributed by atoms with E-state index in [2.05, 4.69) is 12.2 Å². The third kappa shape index (κ3) is 7.08. The van der Waals surface area contributed by atoms with Gasteiger partial charge in [0, 0.05) is 39.8 Å². The number of carbonyl (C=O) groups is 3. The average molecular weight is 556 g/mol. The predicted octanol–water partition coefficient (Wildman–Crippen LogP) is 2.72. The maximum absolute atomic E-state index is 13.7. The number of halogens is 1. The summed E-state index contributed by atoms with van der Waals surface area (Å²) in [5, 5.41) is 15.6. The van der Waals surface area contributed by atoms with Crippen LogP contribution >= 0.6 is 0 Å². The monoisotopic (exact) mass is 555 g/mol. The van der Waals surface area contributed by atoms with Crippen LogP contribution in [0.4, 0.5) is 9.18 Å². The maximum atomic E-state index is 13.7. The molecule has 2 atom stereocenters. The molecule has 0 spiro atoms. The van der Waals surface area contributed by atoms with Crippen molar-refractivity contribution in [2.24, 2.45) is 0 Å². The van der Waals surface area contributed by atoms with E-state index in [0.717, 1.165) is 24.0 Å². The fourth-order valence-electron chi connectivity index (χ4n) is 5.13. The predicted molar refractivity (Wildman–Crippen MR) is 146 cm³/mol. The molecule has 2 heterocycles. The molecule has 2 aliphatic heterocycles. The van der Waals surface area contributed by atoms with Gasteiger partial charge in [-0.1, -0.05) is 37.6 Å². The first kappa shape index (κ1) is 29.3. The van der Waals surface area contributed by atoms with E-state index in [1.165, 1.54) is 22.0 Å². The Bertz CT molecular complexity index is 1160. The summed E-state index contributed by atoms with van der Waals surface area (Å²) in [4.78, 5) is 43.8. The van der Waals surface area contributed by atoms with Crippen molar-refractivity contribution in [1.29, 1.82) is 0 Å². The second kappa shape index (κ2) is 13.6. The van der Waals surface area contributed by atoms with Gasteiger partial charge in [-0.05, 0) is 48.2 Å². The number of aromatic hydroxyl groups is 1. The van der Waals surface area contributed by atoms with Crippen LogP contribution in [0, 0.1) is 5.82 Å². The van der Waals surface area contributed by atoms with E-state index in [1.807, 2.05) is 0 Å². The number of phenolic OH excluding ortho intramolecular Hbond substituents is 1. The Morgan fingerprint density at radius 2 is 1.73 bits per heavy atom. The van der Waals surface area contributed by atoms with Crippen LogP contribution in [0.5, 0.6) is 5.75 Å². The van der Waals surface area contributed by atoms with Gasteiger partial charge in [-0.25, -0.2) is 19.2 Å². The molecule has 40 heavy (non-hydrogen) atoms. The third-order valence-electron chi connectivity index (χ3n) is 7.23. The van der Waals surface area contributed by atoms with Crippen molar-refractivity contribution in [1.82, 2.24) is 25.1 Å². The number of piperazine rings is 1. The van der Waals surface area contributed by atoms with Gasteiger partial charge in [-0.3, -0.25) is 9.59 Å². The summed E-state index contributed by atoms with van der Waals surface area (Å²) < 4.78 is 19.0. The minimum Gasteiger partial charge on any atom is -0.508 e. The fraction of sp³-hybridized carbons (Fsp3) is 0.483. The SMILES string of the molecule is CCCCOCCCN1C[C@H]2N(C(=O)CN(C)N2C(=O)NCc2ccc(F)cc2)[C@@H](Cc2ccc(O)cc2)C1=O. The van der Waals surface area contributed by atoms with E-state index in [-0.39, 0.29) is 49.4 Å². The molecule has 2 fully saturated rings. The van der Waals surface area contributed by atoms with Crippen molar-refractivity contribution >= 4 is 17.8 Å². The lowest BCUT2D eigenvalue weighted by molar-refractivity contribution is -0.187. The summed E-state index contributed by atoms with van der Waals surface area (Å²) in [6, 6.07) is 11.2. The van der Waals surface area contributed by atoms with E-state index >= 15 is 0 Å². The number of hydrazine groups is 1. The first-order chi connectivity index (χ1) is 19.3. The Kier molecular flexibility index (Phi) is 9.94. The number of benzene rings is 2. The lowest BCUT2D eigenvalue weighted by atomic mass is 9.98. The number of hydrogen-bond donors (Lipinski definition) is 2. The van der Waals surface area contributed by atoms with Crippen LogP contribution in [0.15, 0.2) is 48.5 Å². The van der Waals surface area contributed by atoms with Crippen molar-refractivity contribution < 1.29 is 28.6 Å². The summed E-state index contributed by atoms with van der Waals surface area (Å²) in [5.41, 5.74) is 1.52. The van der Waals surface area contributed by atoms with Crippen molar-refractivity contribution in [3.63, 3.8) is 0 Å². The van der Waals surface area contributed by atoms with Crippen LogP contribution in [0.1, 0.15) is 37.3 Å². The number of ether oxygens (including phenoxy) is 1. The topological polar surface area (TPSA) is 106 Å². The Morgan fingerprint density at radius 1 is 1.05 bits per heavy atom. The molecule has 2 N–H and O–H groups in total. The number of unbranched alkanes of at least 4 members (excludes halogenated alkanes) is 1. The smallest absolute Gasteiger partial charge is 0.334 e. The molecule has 2 aromatic rings. The number of likely N-dealkylation sites (N-methyl/N-ethyl adjacent to an activating group) is 1. The molecule has 11 heteroatoms. The summed E-state index contributed by atoms with van der Waals surface area (Å²) in [7, 11) is 1.67. The number of nitrogens with one attached hydrogen (secondary N) is 1. The van der Waals surface area contributed by atoms with Gasteiger partial charge in [-0.15, -0.1) is 0 Å². The Balaban J connectivity index is 1.54. The van der Waals surface area contributed by atoms with Gasteiger partial charge in [0.2, 0.25) is 11.8 Å². The summed E-state index contributed by atoms with van der Waals surface area (Å²) >= 11 is 0. The largest absolute Gasteiger partial charge is 0.508 e. The Morgan fingerprint density at radius 3 is 2.42 bits per heavy atom. The number of fused-ring (bicyclic) bond motifs is 1. The molecule has 0 aliphatic carbocycles. The second-order valence-electron chi connectivity index (χ2n) is 10.2. The molecule has 10 nitrogen and oxygen atoms in total. The number of amides is 4. The number of nitrogens with zero attached hydrogens (tertiary/aromatic N) is 4. The number of hydrogen-bond acceptors (Lipinski definition) is 6. The molecule has 0 aromatic heterocycles. The van der Waals surface area contributed by atoms with Gasteiger partial charge >= 0.3 is 6.03 Å². The number of carbonyl (C=O) groups excluding carboxylic acids is 3. The molecule has 2 aromatic carbocycles. The number of rotatable bonds is 11. The van der Waals surface area contributed by atoms with E-state index in [0.29, 0.717) is 26.2 Å². The van der Waals surface area contributed by atoms with Gasteiger partial charge in [0.25, 0.3) is 0 Å². The second-order valence-corrected chi connectivity index (χ2v) is 10.2. The van der Waals surface area contributed by atoms with Crippen LogP contribution in [-0.2, 0) is 27.3 Å². The zero-order valence-corrected chi connectivity index (χ0v) is 23.1. The molecule has 216 valence electrons. The maximum Gasteiger partial charge on any atom is 0.334 e. The highest BCUT2D eigenvalue weighted by Crippen LogP contribution is 2.28. The van der Waals surface area contributed by atoms with Crippen molar-refractivity contribution in [3.8, 4) is 5.75 Å². The van der Waals surface area contributed by atoms with E-state index < -0.39 is 18.2 Å². The molecule has 0 radical (unpaired) electrons. The van der Waals surface area contributed by atoms with Crippen molar-refractivity contribution in [3.05, 3.63) is 65.5 Å². The molecular formula is C29H38FN5O5. The number of phenols is 1. The van der Waals surface area contributed by atoms with Gasteiger partial charge in [0.15, 0.2) is 0 Å². The summed E-state index contributed by atoms with van der Waals surface area (Å²) in [6.45, 7) is 4.00. The van der Waals surface area contributed by atoms with Gasteiger partial charge in [0.1, 0.15) is 23.8 Å². The van der Waals surface area contributed by atoms with Crippen LogP contribution in [0.2, 0.25) is 0 Å². The zero-order chi connectivity index (χ0) is 28.6. The molecular weight excluding hydrogens is 517 g/mol. The first-order valence-corrected chi connectivity index (χ1v) is 13.8. The van der Waals surface area contributed by atoms with Crippen molar-refractivity contribution in [2.45, 2.75) is 51.4 Å². The molecule has 2 aliphatic rings. The summed E-state index contributed by atoms with van der Waals surface area (Å²) in [5.74, 6) is -0.666. The molecule has 2 saturated heterocycles. The highest BCUT2D eigenvalue weighted by Gasteiger charge is 2.50. The molecule has 0 bridgehead atoms. The average Bonchev–Trinajstić information content (AvgIpc) is 2.93. The summed E-state index contributed by atoms with van der Waals surface area (Å²) in [6.07, 6.45) is 2.20. The first-order valence-electron chi connectivity index (χ1n) is 13.8. The van der Waals surface area contributed by atoms with Crippen LogP contribution in [0.25, 0.3) is 0 Å². The highest BCUT2D eigenvalue weighted by atomic mass is 19.1. The lowest BCUT2D eigenvalue weighted by Gasteiger charge is -2.54. The molecule has 4 rings (SSSR count). The number of urea groups is 1. The molecule has 0 saturated carbocycles. The standard InChI is InChI=1S/C29H38FN5O5/c1-3-4-15-40-16-5-14-33-19-26-34(25(28(33)38)17-21-8-12-24(36)13-9-21)27(37)20-32(2)35(26)29(39)31-18-22-6-10-23(30)11-7-22/h6-13,25-26,36H,3-5,14-20H2,1-2H3,(H,31,39)/t25-,26-/m0/s1. The highest BCUT2D eigenvalue weighted by molar-refractivity contribution is 5.91.